The molecular weight excluding hydrogens is 511 g/mol. The quantitative estimate of drug-likeness (QED) is 0.328. The van der Waals surface area contributed by atoms with Gasteiger partial charge in [-0.1, -0.05) is 66.0 Å². The number of benzene rings is 3. The number of likely N-dealkylation sites (tertiary alicyclic amines) is 1. The Kier molecular flexibility index (Phi) is 7.46. The van der Waals surface area contributed by atoms with E-state index in [1.165, 1.54) is 18.6 Å². The molecule has 0 saturated carbocycles. The molecule has 2 heterocycles. The molecular formula is C28H26Cl2N4O3. The first kappa shape index (κ1) is 25.3. The molecule has 1 aliphatic heterocycles. The Morgan fingerprint density at radius 3 is 2.41 bits per heavy atom. The molecule has 1 amide bonds. The molecule has 0 aliphatic carbocycles. The number of phenolic OH excluding ortho intramolecular Hbond substituents is 1. The van der Waals surface area contributed by atoms with Gasteiger partial charge in [0, 0.05) is 12.1 Å². The molecule has 190 valence electrons. The number of hydrogen-bond acceptors (Lipinski definition) is 5. The highest BCUT2D eigenvalue weighted by Gasteiger charge is 2.23. The van der Waals surface area contributed by atoms with Crippen molar-refractivity contribution in [3.8, 4) is 5.75 Å². The fourth-order valence-electron chi connectivity index (χ4n) is 4.81. The number of carbonyl (C=O) groups excluding carboxylic acids is 1. The molecule has 5 rings (SSSR count). The maximum atomic E-state index is 14.0. The first-order valence-electron chi connectivity index (χ1n) is 12.2. The highest BCUT2D eigenvalue weighted by Crippen LogP contribution is 2.33. The zero-order valence-electron chi connectivity index (χ0n) is 20.0. The molecule has 37 heavy (non-hydrogen) atoms. The highest BCUT2D eigenvalue weighted by atomic mass is 35.5. The Hall–Kier alpha value is -3.39. The van der Waals surface area contributed by atoms with Crippen molar-refractivity contribution in [1.82, 2.24) is 14.5 Å². The van der Waals surface area contributed by atoms with Crippen molar-refractivity contribution in [2.75, 3.05) is 25.0 Å². The van der Waals surface area contributed by atoms with Gasteiger partial charge in [-0.15, -0.1) is 0 Å². The van der Waals surface area contributed by atoms with Gasteiger partial charge in [0.25, 0.3) is 11.5 Å². The fourth-order valence-corrected chi connectivity index (χ4v) is 5.30. The predicted octanol–water partition coefficient (Wildman–Crippen LogP) is 5.74. The average Bonchev–Trinajstić information content (AvgIpc) is 2.91. The lowest BCUT2D eigenvalue weighted by Gasteiger charge is -2.31. The lowest BCUT2D eigenvalue weighted by atomic mass is 10.0. The van der Waals surface area contributed by atoms with Crippen LogP contribution in [0, 0.1) is 0 Å². The molecule has 4 aromatic rings. The van der Waals surface area contributed by atoms with Gasteiger partial charge in [0.1, 0.15) is 0 Å². The van der Waals surface area contributed by atoms with Crippen LogP contribution in [0.1, 0.15) is 41.2 Å². The van der Waals surface area contributed by atoms with Crippen molar-refractivity contribution >= 4 is 45.7 Å². The van der Waals surface area contributed by atoms with Crippen LogP contribution in [0.4, 0.5) is 5.69 Å². The predicted molar refractivity (Wildman–Crippen MR) is 147 cm³/mol. The van der Waals surface area contributed by atoms with Gasteiger partial charge in [-0.2, -0.15) is 0 Å². The summed E-state index contributed by atoms with van der Waals surface area (Å²) in [5, 5.41) is 12.9. The molecule has 1 saturated heterocycles. The topological polar surface area (TPSA) is 87.5 Å². The third-order valence-electron chi connectivity index (χ3n) is 6.74. The lowest BCUT2D eigenvalue weighted by molar-refractivity contribution is 0.102. The number of piperidine rings is 1. The van der Waals surface area contributed by atoms with E-state index < -0.39 is 5.91 Å². The third-order valence-corrected chi connectivity index (χ3v) is 7.32. The molecule has 3 aromatic carbocycles. The monoisotopic (exact) mass is 536 g/mol. The molecule has 1 atom stereocenters. The number of aromatic nitrogens is 2. The Labute approximate surface area is 224 Å². The lowest BCUT2D eigenvalue weighted by Crippen LogP contribution is -2.38. The number of hydrogen-bond donors (Lipinski definition) is 2. The van der Waals surface area contributed by atoms with Crippen LogP contribution in [0.15, 0.2) is 71.8 Å². The van der Waals surface area contributed by atoms with Crippen LogP contribution in [0.25, 0.3) is 10.9 Å². The van der Waals surface area contributed by atoms with Gasteiger partial charge in [-0.05, 0) is 55.8 Å². The smallest absolute Gasteiger partial charge is 0.263 e. The summed E-state index contributed by atoms with van der Waals surface area (Å²) in [6.45, 7) is 2.69. The zero-order chi connectivity index (χ0) is 25.9. The summed E-state index contributed by atoms with van der Waals surface area (Å²) >= 11 is 12.0. The van der Waals surface area contributed by atoms with Gasteiger partial charge >= 0.3 is 0 Å². The van der Waals surface area contributed by atoms with Crippen molar-refractivity contribution in [3.05, 3.63) is 98.5 Å². The summed E-state index contributed by atoms with van der Waals surface area (Å²) in [4.78, 5) is 34.0. The number of rotatable bonds is 6. The third kappa shape index (κ3) is 5.34. The largest absolute Gasteiger partial charge is 0.505 e. The summed E-state index contributed by atoms with van der Waals surface area (Å²) in [6.07, 6.45) is 5.11. The first-order chi connectivity index (χ1) is 17.9. The van der Waals surface area contributed by atoms with Crippen LogP contribution >= 0.6 is 23.2 Å². The van der Waals surface area contributed by atoms with Gasteiger partial charge in [0.2, 0.25) is 0 Å². The van der Waals surface area contributed by atoms with Crippen molar-refractivity contribution in [2.24, 2.45) is 0 Å². The minimum atomic E-state index is -0.515. The van der Waals surface area contributed by atoms with E-state index in [9.17, 15) is 14.7 Å². The van der Waals surface area contributed by atoms with E-state index in [0.29, 0.717) is 23.1 Å². The Bertz CT molecular complexity index is 1480. The minimum Gasteiger partial charge on any atom is -0.505 e. The number of fused-ring (bicyclic) bond motifs is 1. The molecule has 0 bridgehead atoms. The van der Waals surface area contributed by atoms with Crippen molar-refractivity contribution < 1.29 is 9.90 Å². The summed E-state index contributed by atoms with van der Waals surface area (Å²) in [5.74, 6) is -0.809. The molecule has 1 aliphatic rings. The number of halogens is 2. The molecule has 1 fully saturated rings. The van der Waals surface area contributed by atoms with E-state index in [1.807, 2.05) is 30.3 Å². The second-order valence-electron chi connectivity index (χ2n) is 9.19. The zero-order valence-corrected chi connectivity index (χ0v) is 21.5. The van der Waals surface area contributed by atoms with Crippen LogP contribution < -0.4 is 10.9 Å². The first-order valence-corrected chi connectivity index (χ1v) is 12.9. The molecule has 9 heteroatoms. The van der Waals surface area contributed by atoms with Gasteiger partial charge in [-0.25, -0.2) is 4.98 Å². The van der Waals surface area contributed by atoms with Crippen LogP contribution in [-0.4, -0.2) is 45.1 Å². The van der Waals surface area contributed by atoms with Crippen LogP contribution in [0.2, 0.25) is 10.0 Å². The summed E-state index contributed by atoms with van der Waals surface area (Å²) < 4.78 is 1.66. The Balaban J connectivity index is 1.55. The van der Waals surface area contributed by atoms with Gasteiger partial charge < -0.3 is 15.3 Å². The van der Waals surface area contributed by atoms with Crippen LogP contribution in [-0.2, 0) is 0 Å². The Morgan fingerprint density at radius 2 is 1.70 bits per heavy atom. The van der Waals surface area contributed by atoms with E-state index in [0.717, 1.165) is 31.5 Å². The number of aromatic hydroxyl groups is 1. The molecule has 1 aromatic heterocycles. The number of carbonyl (C=O) groups is 1. The Morgan fingerprint density at radius 1 is 1.00 bits per heavy atom. The van der Waals surface area contributed by atoms with Gasteiger partial charge in [0.15, 0.2) is 5.75 Å². The van der Waals surface area contributed by atoms with Crippen molar-refractivity contribution in [3.63, 3.8) is 0 Å². The summed E-state index contributed by atoms with van der Waals surface area (Å²) in [5.41, 5.74) is 1.74. The van der Waals surface area contributed by atoms with Crippen molar-refractivity contribution in [1.29, 1.82) is 0 Å². The number of anilines is 1. The summed E-state index contributed by atoms with van der Waals surface area (Å²) in [6, 6.07) is 17.5. The van der Waals surface area contributed by atoms with E-state index in [1.54, 1.807) is 29.1 Å². The molecule has 0 radical (unpaired) electrons. The second-order valence-corrected chi connectivity index (χ2v) is 10.0. The minimum absolute atomic E-state index is 0.0389. The normalized spacial score (nSPS) is 15.0. The second kappa shape index (κ2) is 10.9. The van der Waals surface area contributed by atoms with Crippen molar-refractivity contribution in [2.45, 2.75) is 25.3 Å². The summed E-state index contributed by atoms with van der Waals surface area (Å²) in [7, 11) is 0. The van der Waals surface area contributed by atoms with E-state index in [-0.39, 0.29) is 33.0 Å². The van der Waals surface area contributed by atoms with E-state index >= 15 is 0 Å². The molecule has 1 unspecified atom stereocenters. The fraction of sp³-hybridized carbons (Fsp3) is 0.250. The highest BCUT2D eigenvalue weighted by molar-refractivity contribution is 6.37. The number of nitrogens with one attached hydrogen (secondary N) is 1. The molecule has 2 N–H and O–H groups in total. The van der Waals surface area contributed by atoms with E-state index in [4.69, 9.17) is 23.2 Å². The van der Waals surface area contributed by atoms with Crippen LogP contribution in [0.5, 0.6) is 5.75 Å². The average molecular weight is 537 g/mol. The van der Waals surface area contributed by atoms with Gasteiger partial charge in [-0.3, -0.25) is 14.2 Å². The SMILES string of the molecule is O=C(Nc1cccc2ncn(C(CN3CCCCC3)c3ccccc3)c(=O)c12)c1cc(Cl)c(O)c(Cl)c1. The number of phenols is 1. The number of nitrogens with zero attached hydrogens (tertiary/aromatic N) is 3. The van der Waals surface area contributed by atoms with Gasteiger partial charge in [0.05, 0.1) is 39.0 Å². The maximum absolute atomic E-state index is 14.0. The maximum Gasteiger partial charge on any atom is 0.263 e. The van der Waals surface area contributed by atoms with Crippen LogP contribution in [0.3, 0.4) is 0 Å². The standard InChI is InChI=1S/C28H26Cl2N4O3/c29-20-14-19(15-21(30)26(20)35)27(36)32-23-11-7-10-22-25(23)28(37)34(17-31-22)24(18-8-3-1-4-9-18)16-33-12-5-2-6-13-33/h1,3-4,7-11,14-15,17,24,35H,2,5-6,12-13,16H2,(H,32,36). The molecule has 7 nitrogen and oxygen atoms in total. The molecule has 0 spiro atoms. The van der Waals surface area contributed by atoms with E-state index in [2.05, 4.69) is 15.2 Å². The number of amides is 1.